The standard InChI is InChI=1S/C15H18BrFO/c1-10-4-5-11(17)8-12(10)18-14-9-13(16)15(14)6-2-3-7-15/h4-5,8,13-14H,2-3,6-7,9H2,1H3. The Labute approximate surface area is 116 Å². The van der Waals surface area contributed by atoms with E-state index in [0.29, 0.717) is 16.0 Å². The predicted octanol–water partition coefficient (Wildman–Crippen LogP) is 4.61. The zero-order valence-electron chi connectivity index (χ0n) is 10.6. The number of halogens is 2. The summed E-state index contributed by atoms with van der Waals surface area (Å²) in [4.78, 5) is 0.575. The minimum absolute atomic E-state index is 0.217. The maximum absolute atomic E-state index is 13.3. The molecule has 2 unspecified atom stereocenters. The third-order valence-electron chi connectivity index (χ3n) is 4.64. The second kappa shape index (κ2) is 4.52. The van der Waals surface area contributed by atoms with Gasteiger partial charge in [0.25, 0.3) is 0 Å². The fourth-order valence-electron chi connectivity index (χ4n) is 3.39. The van der Waals surface area contributed by atoms with E-state index in [1.807, 2.05) is 6.92 Å². The van der Waals surface area contributed by atoms with E-state index in [9.17, 15) is 4.39 Å². The van der Waals surface area contributed by atoms with Gasteiger partial charge in [-0.25, -0.2) is 4.39 Å². The number of rotatable bonds is 2. The van der Waals surface area contributed by atoms with E-state index in [0.717, 1.165) is 12.0 Å². The summed E-state index contributed by atoms with van der Waals surface area (Å²) in [7, 11) is 0. The molecule has 0 amide bonds. The van der Waals surface area contributed by atoms with Gasteiger partial charge in [-0.05, 0) is 37.8 Å². The molecule has 1 aromatic carbocycles. The number of hydrogen-bond donors (Lipinski definition) is 0. The van der Waals surface area contributed by atoms with Crippen LogP contribution in [0.25, 0.3) is 0 Å². The molecule has 0 aliphatic heterocycles. The third-order valence-corrected chi connectivity index (χ3v) is 5.93. The van der Waals surface area contributed by atoms with Gasteiger partial charge in [-0.2, -0.15) is 0 Å². The predicted molar refractivity (Wildman–Crippen MR) is 73.8 cm³/mol. The van der Waals surface area contributed by atoms with Gasteiger partial charge in [0.15, 0.2) is 0 Å². The number of hydrogen-bond acceptors (Lipinski definition) is 1. The molecule has 0 aromatic heterocycles. The maximum atomic E-state index is 13.3. The molecular weight excluding hydrogens is 295 g/mol. The van der Waals surface area contributed by atoms with Crippen molar-refractivity contribution in [2.45, 2.75) is 50.0 Å². The molecule has 2 fully saturated rings. The van der Waals surface area contributed by atoms with Gasteiger partial charge in [-0.1, -0.05) is 34.8 Å². The Morgan fingerprint density at radius 3 is 2.72 bits per heavy atom. The van der Waals surface area contributed by atoms with Crippen molar-refractivity contribution in [3.63, 3.8) is 0 Å². The fraction of sp³-hybridized carbons (Fsp3) is 0.600. The smallest absolute Gasteiger partial charge is 0.126 e. The molecule has 0 radical (unpaired) electrons. The lowest BCUT2D eigenvalue weighted by Gasteiger charge is -2.51. The molecule has 18 heavy (non-hydrogen) atoms. The number of alkyl halides is 1. The lowest BCUT2D eigenvalue weighted by atomic mass is 9.64. The minimum atomic E-state index is -0.217. The van der Waals surface area contributed by atoms with E-state index in [4.69, 9.17) is 4.74 Å². The van der Waals surface area contributed by atoms with Gasteiger partial charge in [0, 0.05) is 16.3 Å². The largest absolute Gasteiger partial charge is 0.489 e. The van der Waals surface area contributed by atoms with Gasteiger partial charge in [-0.3, -0.25) is 0 Å². The summed E-state index contributed by atoms with van der Waals surface area (Å²) >= 11 is 3.78. The molecule has 3 heteroatoms. The van der Waals surface area contributed by atoms with E-state index in [2.05, 4.69) is 15.9 Å². The van der Waals surface area contributed by atoms with Gasteiger partial charge in [-0.15, -0.1) is 0 Å². The van der Waals surface area contributed by atoms with Crippen molar-refractivity contribution in [3.8, 4) is 5.75 Å². The van der Waals surface area contributed by atoms with Crippen LogP contribution in [0.15, 0.2) is 18.2 Å². The summed E-state index contributed by atoms with van der Waals surface area (Å²) in [6, 6.07) is 4.79. The summed E-state index contributed by atoms with van der Waals surface area (Å²) in [6.45, 7) is 1.97. The summed E-state index contributed by atoms with van der Waals surface area (Å²) in [5.74, 6) is 0.497. The molecule has 98 valence electrons. The second-order valence-electron chi connectivity index (χ2n) is 5.66. The van der Waals surface area contributed by atoms with Crippen molar-refractivity contribution >= 4 is 15.9 Å². The van der Waals surface area contributed by atoms with Gasteiger partial charge in [0.05, 0.1) is 0 Å². The zero-order valence-corrected chi connectivity index (χ0v) is 12.2. The van der Waals surface area contributed by atoms with Gasteiger partial charge >= 0.3 is 0 Å². The van der Waals surface area contributed by atoms with Crippen LogP contribution in [0, 0.1) is 18.2 Å². The first-order valence-corrected chi connectivity index (χ1v) is 7.60. The third kappa shape index (κ3) is 1.87. The van der Waals surface area contributed by atoms with Crippen LogP contribution in [0.5, 0.6) is 5.75 Å². The minimum Gasteiger partial charge on any atom is -0.489 e. The van der Waals surface area contributed by atoms with E-state index in [1.54, 1.807) is 6.07 Å². The Kier molecular flexibility index (Phi) is 3.13. The molecule has 1 spiro atoms. The molecule has 0 heterocycles. The summed E-state index contributed by atoms with van der Waals surface area (Å²) in [6.07, 6.45) is 6.36. The van der Waals surface area contributed by atoms with Crippen LogP contribution < -0.4 is 4.74 Å². The second-order valence-corrected chi connectivity index (χ2v) is 6.77. The lowest BCUT2D eigenvalue weighted by Crippen LogP contribution is -2.55. The van der Waals surface area contributed by atoms with Crippen LogP contribution in [-0.2, 0) is 0 Å². The lowest BCUT2D eigenvalue weighted by molar-refractivity contribution is -0.0309. The molecular formula is C15H18BrFO. The van der Waals surface area contributed by atoms with Crippen molar-refractivity contribution in [2.24, 2.45) is 5.41 Å². The molecule has 2 aliphatic carbocycles. The quantitative estimate of drug-likeness (QED) is 0.725. The Morgan fingerprint density at radius 2 is 2.06 bits per heavy atom. The van der Waals surface area contributed by atoms with Gasteiger partial charge in [0.2, 0.25) is 0 Å². The number of benzene rings is 1. The first kappa shape index (κ1) is 12.5. The van der Waals surface area contributed by atoms with Crippen molar-refractivity contribution < 1.29 is 9.13 Å². The van der Waals surface area contributed by atoms with Crippen molar-refractivity contribution in [2.75, 3.05) is 0 Å². The van der Waals surface area contributed by atoms with Gasteiger partial charge < -0.3 is 4.74 Å². The van der Waals surface area contributed by atoms with Crippen LogP contribution in [0.4, 0.5) is 4.39 Å². The summed E-state index contributed by atoms with van der Waals surface area (Å²) in [5, 5.41) is 0. The van der Waals surface area contributed by atoms with Crippen LogP contribution in [-0.4, -0.2) is 10.9 Å². The molecule has 2 aliphatic rings. The monoisotopic (exact) mass is 312 g/mol. The number of aryl methyl sites for hydroxylation is 1. The van der Waals surface area contributed by atoms with Crippen molar-refractivity contribution in [1.82, 2.24) is 0 Å². The maximum Gasteiger partial charge on any atom is 0.126 e. The average Bonchev–Trinajstić information content (AvgIpc) is 2.85. The Morgan fingerprint density at radius 1 is 1.33 bits per heavy atom. The van der Waals surface area contributed by atoms with Crippen molar-refractivity contribution in [3.05, 3.63) is 29.6 Å². The highest BCUT2D eigenvalue weighted by atomic mass is 79.9. The summed E-state index contributed by atoms with van der Waals surface area (Å²) < 4.78 is 19.4. The van der Waals surface area contributed by atoms with Crippen LogP contribution in [0.3, 0.4) is 0 Å². The molecule has 3 rings (SSSR count). The van der Waals surface area contributed by atoms with E-state index in [1.165, 1.54) is 37.8 Å². The van der Waals surface area contributed by atoms with Gasteiger partial charge in [0.1, 0.15) is 17.7 Å². The highest BCUT2D eigenvalue weighted by Crippen LogP contribution is 2.57. The first-order valence-electron chi connectivity index (χ1n) is 6.69. The molecule has 2 saturated carbocycles. The highest BCUT2D eigenvalue weighted by Gasteiger charge is 2.56. The summed E-state index contributed by atoms with van der Waals surface area (Å²) in [5.41, 5.74) is 1.32. The van der Waals surface area contributed by atoms with E-state index < -0.39 is 0 Å². The van der Waals surface area contributed by atoms with Crippen LogP contribution >= 0.6 is 15.9 Å². The number of ether oxygens (including phenoxy) is 1. The first-order chi connectivity index (χ1) is 8.62. The normalized spacial score (nSPS) is 29.3. The van der Waals surface area contributed by atoms with Crippen molar-refractivity contribution in [1.29, 1.82) is 0 Å². The average molecular weight is 313 g/mol. The Hall–Kier alpha value is -0.570. The molecule has 1 nitrogen and oxygen atoms in total. The molecule has 2 atom stereocenters. The van der Waals surface area contributed by atoms with E-state index in [-0.39, 0.29) is 11.9 Å². The molecule has 0 N–H and O–H groups in total. The Balaban J connectivity index is 1.79. The highest BCUT2D eigenvalue weighted by molar-refractivity contribution is 9.09. The van der Waals surface area contributed by atoms with E-state index >= 15 is 0 Å². The topological polar surface area (TPSA) is 9.23 Å². The SMILES string of the molecule is Cc1ccc(F)cc1OC1CC(Br)C12CCCC2. The Bertz CT molecular complexity index is 454. The van der Waals surface area contributed by atoms with Crippen LogP contribution in [0.2, 0.25) is 0 Å². The molecule has 1 aromatic rings. The molecule has 0 saturated heterocycles. The molecule has 0 bridgehead atoms. The zero-order chi connectivity index (χ0) is 12.8. The van der Waals surface area contributed by atoms with Crippen LogP contribution in [0.1, 0.15) is 37.7 Å². The fourth-order valence-corrected chi connectivity index (χ4v) is 4.48.